The first-order valence-corrected chi connectivity index (χ1v) is 5.00. The summed E-state index contributed by atoms with van der Waals surface area (Å²) in [5.41, 5.74) is 0.733. The summed E-state index contributed by atoms with van der Waals surface area (Å²) >= 11 is 0. The third kappa shape index (κ3) is 2.00. The Morgan fingerprint density at radius 1 is 1.21 bits per heavy atom. The molecule has 2 nitrogen and oxygen atoms in total. The van der Waals surface area contributed by atoms with Gasteiger partial charge in [-0.2, -0.15) is 0 Å². The van der Waals surface area contributed by atoms with E-state index in [1.165, 1.54) is 6.07 Å². The molecule has 2 heteroatoms. The van der Waals surface area contributed by atoms with Gasteiger partial charge in [-0.05, 0) is 17.9 Å². The van der Waals surface area contributed by atoms with Gasteiger partial charge in [-0.3, -0.25) is 0 Å². The monoisotopic (exact) mass is 194 g/mol. The largest absolute Gasteiger partial charge is 0.504 e. The van der Waals surface area contributed by atoms with Crippen molar-refractivity contribution in [3.8, 4) is 11.5 Å². The molecule has 0 atom stereocenters. The molecule has 0 fully saturated rings. The van der Waals surface area contributed by atoms with Gasteiger partial charge in [-0.25, -0.2) is 0 Å². The fourth-order valence-corrected chi connectivity index (χ4v) is 1.84. The molecule has 0 unspecified atom stereocenters. The van der Waals surface area contributed by atoms with Gasteiger partial charge in [0.2, 0.25) is 0 Å². The zero-order valence-corrected chi connectivity index (χ0v) is 9.04. The van der Waals surface area contributed by atoms with Gasteiger partial charge < -0.3 is 10.2 Å². The van der Waals surface area contributed by atoms with E-state index in [1.807, 2.05) is 6.07 Å². The van der Waals surface area contributed by atoms with Gasteiger partial charge in [0.15, 0.2) is 11.5 Å². The van der Waals surface area contributed by atoms with Gasteiger partial charge in [-0.15, -0.1) is 0 Å². The molecule has 0 aliphatic rings. The molecule has 0 spiro atoms. The lowest BCUT2D eigenvalue weighted by molar-refractivity contribution is 0.377. The van der Waals surface area contributed by atoms with Gasteiger partial charge in [0.25, 0.3) is 0 Å². The number of rotatable bonds is 3. The van der Waals surface area contributed by atoms with E-state index < -0.39 is 0 Å². The number of phenolic OH excluding ortho intramolecular Hbond substituents is 2. The predicted octanol–water partition coefficient (Wildman–Crippen LogP) is 3.18. The van der Waals surface area contributed by atoms with E-state index in [9.17, 15) is 10.2 Å². The lowest BCUT2D eigenvalue weighted by Gasteiger charge is -2.25. The molecule has 0 saturated carbocycles. The molecule has 0 amide bonds. The number of benzene rings is 1. The second-order valence-electron chi connectivity index (χ2n) is 4.31. The Labute approximate surface area is 85.2 Å². The second kappa shape index (κ2) is 3.91. The van der Waals surface area contributed by atoms with Gasteiger partial charge in [0, 0.05) is 5.56 Å². The second-order valence-corrected chi connectivity index (χ2v) is 4.31. The average molecular weight is 194 g/mol. The summed E-state index contributed by atoms with van der Waals surface area (Å²) in [6.07, 6.45) is 2.05. The maximum absolute atomic E-state index is 9.71. The Kier molecular flexibility index (Phi) is 3.04. The first kappa shape index (κ1) is 10.9. The Balaban J connectivity index is 3.12. The molecule has 0 radical (unpaired) electrons. The molecular weight excluding hydrogens is 176 g/mol. The SMILES string of the molecule is CCCC(C)(C)c1cccc(O)c1O. The van der Waals surface area contributed by atoms with Crippen LogP contribution >= 0.6 is 0 Å². The summed E-state index contributed by atoms with van der Waals surface area (Å²) < 4.78 is 0. The summed E-state index contributed by atoms with van der Waals surface area (Å²) in [5, 5.41) is 19.1. The molecular formula is C12H18O2. The molecule has 0 aliphatic carbocycles. The van der Waals surface area contributed by atoms with Crippen LogP contribution in [0.15, 0.2) is 18.2 Å². The summed E-state index contributed by atoms with van der Waals surface area (Å²) in [4.78, 5) is 0. The van der Waals surface area contributed by atoms with Crippen molar-refractivity contribution >= 4 is 0 Å². The van der Waals surface area contributed by atoms with E-state index in [0.717, 1.165) is 18.4 Å². The highest BCUT2D eigenvalue weighted by atomic mass is 16.3. The van der Waals surface area contributed by atoms with Crippen LogP contribution in [-0.4, -0.2) is 10.2 Å². The standard InChI is InChI=1S/C12H18O2/c1-4-8-12(2,3)9-6-5-7-10(13)11(9)14/h5-7,13-14H,4,8H2,1-3H3. The Bertz CT molecular complexity index is 316. The van der Waals surface area contributed by atoms with Crippen LogP contribution in [0.3, 0.4) is 0 Å². The Morgan fingerprint density at radius 3 is 2.43 bits per heavy atom. The first-order valence-electron chi connectivity index (χ1n) is 5.00. The van der Waals surface area contributed by atoms with Gasteiger partial charge in [0.05, 0.1) is 0 Å². The van der Waals surface area contributed by atoms with Crippen LogP contribution in [0.2, 0.25) is 0 Å². The number of hydrogen-bond donors (Lipinski definition) is 2. The van der Waals surface area contributed by atoms with Crippen molar-refractivity contribution in [2.24, 2.45) is 0 Å². The van der Waals surface area contributed by atoms with Crippen LogP contribution < -0.4 is 0 Å². The fourth-order valence-electron chi connectivity index (χ4n) is 1.84. The summed E-state index contributed by atoms with van der Waals surface area (Å²) in [5.74, 6) is -0.0161. The van der Waals surface area contributed by atoms with Gasteiger partial charge in [-0.1, -0.05) is 39.3 Å². The molecule has 1 rings (SSSR count). The molecule has 2 N–H and O–H groups in total. The highest BCUT2D eigenvalue weighted by molar-refractivity contribution is 5.47. The summed E-state index contributed by atoms with van der Waals surface area (Å²) in [6, 6.07) is 5.13. The quantitative estimate of drug-likeness (QED) is 0.725. The fraction of sp³-hybridized carbons (Fsp3) is 0.500. The molecule has 1 aromatic rings. The first-order chi connectivity index (χ1) is 6.49. The number of para-hydroxylation sites is 1. The van der Waals surface area contributed by atoms with Crippen molar-refractivity contribution in [2.75, 3.05) is 0 Å². The third-order valence-corrected chi connectivity index (χ3v) is 2.62. The lowest BCUT2D eigenvalue weighted by atomic mass is 9.80. The topological polar surface area (TPSA) is 40.5 Å². The normalized spacial score (nSPS) is 11.6. The van der Waals surface area contributed by atoms with E-state index in [2.05, 4.69) is 20.8 Å². The van der Waals surface area contributed by atoms with Crippen molar-refractivity contribution in [1.82, 2.24) is 0 Å². The van der Waals surface area contributed by atoms with Crippen molar-refractivity contribution in [2.45, 2.75) is 39.0 Å². The van der Waals surface area contributed by atoms with Crippen LogP contribution in [0.4, 0.5) is 0 Å². The minimum Gasteiger partial charge on any atom is -0.504 e. The molecule has 0 aromatic heterocycles. The molecule has 0 bridgehead atoms. The highest BCUT2D eigenvalue weighted by Gasteiger charge is 2.23. The Hall–Kier alpha value is -1.18. The van der Waals surface area contributed by atoms with E-state index >= 15 is 0 Å². The minimum absolute atomic E-state index is 0.0194. The average Bonchev–Trinajstić information content (AvgIpc) is 2.09. The van der Waals surface area contributed by atoms with Crippen LogP contribution in [0.1, 0.15) is 39.2 Å². The molecule has 78 valence electrons. The maximum atomic E-state index is 9.71. The maximum Gasteiger partial charge on any atom is 0.161 e. The van der Waals surface area contributed by atoms with Crippen LogP contribution in [0.25, 0.3) is 0 Å². The molecule has 0 aliphatic heterocycles. The van der Waals surface area contributed by atoms with Gasteiger partial charge in [0.1, 0.15) is 0 Å². The van der Waals surface area contributed by atoms with E-state index in [4.69, 9.17) is 0 Å². The smallest absolute Gasteiger partial charge is 0.161 e. The third-order valence-electron chi connectivity index (χ3n) is 2.62. The number of aromatic hydroxyl groups is 2. The van der Waals surface area contributed by atoms with Crippen molar-refractivity contribution in [3.05, 3.63) is 23.8 Å². The molecule has 14 heavy (non-hydrogen) atoms. The van der Waals surface area contributed by atoms with Crippen molar-refractivity contribution < 1.29 is 10.2 Å². The van der Waals surface area contributed by atoms with E-state index in [1.54, 1.807) is 6.07 Å². The zero-order chi connectivity index (χ0) is 10.8. The highest BCUT2D eigenvalue weighted by Crippen LogP contribution is 2.38. The zero-order valence-electron chi connectivity index (χ0n) is 9.04. The van der Waals surface area contributed by atoms with Gasteiger partial charge >= 0.3 is 0 Å². The molecule has 0 saturated heterocycles. The molecule has 1 aromatic carbocycles. The Morgan fingerprint density at radius 2 is 1.86 bits per heavy atom. The van der Waals surface area contributed by atoms with Crippen molar-refractivity contribution in [3.63, 3.8) is 0 Å². The molecule has 0 heterocycles. The predicted molar refractivity (Wildman–Crippen MR) is 57.7 cm³/mol. The summed E-state index contributed by atoms with van der Waals surface area (Å²) in [6.45, 7) is 6.26. The number of hydrogen-bond acceptors (Lipinski definition) is 2. The minimum atomic E-state index is -0.0857. The van der Waals surface area contributed by atoms with Crippen LogP contribution in [0, 0.1) is 0 Å². The summed E-state index contributed by atoms with van der Waals surface area (Å²) in [7, 11) is 0. The van der Waals surface area contributed by atoms with Crippen molar-refractivity contribution in [1.29, 1.82) is 0 Å². The van der Waals surface area contributed by atoms with E-state index in [-0.39, 0.29) is 16.9 Å². The van der Waals surface area contributed by atoms with Crippen LogP contribution in [-0.2, 0) is 5.41 Å². The van der Waals surface area contributed by atoms with Crippen LogP contribution in [0.5, 0.6) is 11.5 Å². The van der Waals surface area contributed by atoms with E-state index in [0.29, 0.717) is 0 Å². The lowest BCUT2D eigenvalue weighted by Crippen LogP contribution is -2.16. The number of phenols is 2.